The lowest BCUT2D eigenvalue weighted by atomic mass is 10.1. The predicted molar refractivity (Wildman–Crippen MR) is 257 cm³/mol. The van der Waals surface area contributed by atoms with Crippen molar-refractivity contribution in [2.24, 2.45) is 0 Å². The van der Waals surface area contributed by atoms with Gasteiger partial charge in [0.2, 0.25) is 5.95 Å². The normalized spacial score (nSPS) is 11.8. The lowest BCUT2D eigenvalue weighted by Crippen LogP contribution is -2.06. The molecule has 0 aliphatic carbocycles. The quantitative estimate of drug-likeness (QED) is 0.166. The van der Waals surface area contributed by atoms with Crippen molar-refractivity contribution in [2.45, 2.75) is 0 Å². The fourth-order valence-electron chi connectivity index (χ4n) is 9.02. The molecule has 0 saturated carbocycles. The van der Waals surface area contributed by atoms with Crippen molar-refractivity contribution in [2.75, 3.05) is 0 Å². The van der Waals surface area contributed by atoms with Crippen LogP contribution in [0.15, 0.2) is 195 Å². The highest BCUT2D eigenvalue weighted by atomic mass is 32.1. The van der Waals surface area contributed by atoms with Gasteiger partial charge in [0.05, 0.1) is 56.1 Å². The summed E-state index contributed by atoms with van der Waals surface area (Å²) in [6, 6.07) is 61.1. The molecule has 0 aliphatic heterocycles. The highest BCUT2D eigenvalue weighted by Gasteiger charge is 2.20. The summed E-state index contributed by atoms with van der Waals surface area (Å²) in [6.45, 7) is 0. The third-order valence-electron chi connectivity index (χ3n) is 11.9. The topological polar surface area (TPSA) is 87.2 Å². The number of hydrogen-bond acceptors (Lipinski definition) is 7. The Hall–Kier alpha value is -8.40. The molecular weight excluding hydrogens is 793 g/mol. The van der Waals surface area contributed by atoms with Gasteiger partial charge in [0.1, 0.15) is 0 Å². The molecule has 13 aromatic rings. The summed E-state index contributed by atoms with van der Waals surface area (Å²) in [5, 5.41) is 5.69. The number of rotatable bonds is 6. The first-order valence-electron chi connectivity index (χ1n) is 20.8. The molecule has 0 bridgehead atoms. The summed E-state index contributed by atoms with van der Waals surface area (Å²) in [6.07, 6.45) is 5.56. The van der Waals surface area contributed by atoms with E-state index in [1.54, 1.807) is 11.3 Å². The molecule has 0 radical (unpaired) electrons. The minimum atomic E-state index is 0.540. The van der Waals surface area contributed by atoms with Gasteiger partial charge >= 0.3 is 0 Å². The van der Waals surface area contributed by atoms with Gasteiger partial charge in [-0.2, -0.15) is 9.97 Å². The van der Waals surface area contributed by atoms with Gasteiger partial charge < -0.3 is 4.57 Å². The molecule has 0 atom stereocenters. The second-order valence-electron chi connectivity index (χ2n) is 15.6. The average Bonchev–Trinajstić information content (AvgIpc) is 4.01. The molecular formula is C54H32N8S. The van der Waals surface area contributed by atoms with Crippen LogP contribution in [0.3, 0.4) is 0 Å². The molecule has 8 nitrogen and oxygen atoms in total. The Kier molecular flexibility index (Phi) is 7.91. The minimum absolute atomic E-state index is 0.540. The van der Waals surface area contributed by atoms with Gasteiger partial charge in [-0.1, -0.05) is 115 Å². The first kappa shape index (κ1) is 35.4. The Bertz CT molecular complexity index is 3870. The van der Waals surface area contributed by atoms with Crippen molar-refractivity contribution in [1.29, 1.82) is 0 Å². The Balaban J connectivity index is 0.942. The second-order valence-corrected chi connectivity index (χ2v) is 16.7. The smallest absolute Gasteiger partial charge is 0.238 e. The van der Waals surface area contributed by atoms with Crippen LogP contribution in [-0.4, -0.2) is 39.0 Å². The van der Waals surface area contributed by atoms with Crippen molar-refractivity contribution in [3.63, 3.8) is 0 Å². The lowest BCUT2D eigenvalue weighted by molar-refractivity contribution is 0.953. The number of nitrogens with zero attached hydrogens (tertiary/aromatic N) is 8. The van der Waals surface area contributed by atoms with Gasteiger partial charge in [-0.3, -0.25) is 14.5 Å². The summed E-state index contributed by atoms with van der Waals surface area (Å²) in [5.74, 6) is 1.75. The maximum absolute atomic E-state index is 5.27. The van der Waals surface area contributed by atoms with E-state index in [1.807, 2.05) is 85.3 Å². The largest absolute Gasteiger partial charge is 0.309 e. The molecule has 294 valence electrons. The number of thiophene rings is 1. The van der Waals surface area contributed by atoms with E-state index in [4.69, 9.17) is 29.9 Å². The molecule has 6 aromatic heterocycles. The molecule has 0 N–H and O–H groups in total. The number of pyridine rings is 1. The van der Waals surface area contributed by atoms with E-state index in [0.717, 1.165) is 83.1 Å². The van der Waals surface area contributed by atoms with Gasteiger partial charge in [-0.15, -0.1) is 11.3 Å². The molecule has 13 rings (SSSR count). The van der Waals surface area contributed by atoms with Crippen LogP contribution in [0.4, 0.5) is 0 Å². The first-order valence-corrected chi connectivity index (χ1v) is 21.6. The van der Waals surface area contributed by atoms with E-state index < -0.39 is 0 Å². The van der Waals surface area contributed by atoms with Crippen molar-refractivity contribution in [3.05, 3.63) is 195 Å². The van der Waals surface area contributed by atoms with Crippen LogP contribution in [0.25, 0.3) is 121 Å². The van der Waals surface area contributed by atoms with Crippen LogP contribution in [0.1, 0.15) is 0 Å². The number of benzene rings is 7. The molecule has 0 unspecified atom stereocenters. The fourth-order valence-corrected chi connectivity index (χ4v) is 10.1. The summed E-state index contributed by atoms with van der Waals surface area (Å²) in [7, 11) is 0. The zero-order valence-electron chi connectivity index (χ0n) is 33.5. The lowest BCUT2D eigenvalue weighted by Gasteiger charge is -2.11. The van der Waals surface area contributed by atoms with Crippen molar-refractivity contribution in [1.82, 2.24) is 39.0 Å². The number of aromatic nitrogens is 8. The SMILES string of the molecule is c1ccc(-c2nc(-c3ccccc3)nc(-n3c4ccccc4c4ccc(-c5cncc(-c6ccc7c(c6)c6ccccc6n7-c6ccc7sc8cccnc8c7c6)n5)cc43)n2)cc1. The maximum atomic E-state index is 5.27. The van der Waals surface area contributed by atoms with Crippen LogP contribution in [0.2, 0.25) is 0 Å². The van der Waals surface area contributed by atoms with E-state index in [1.165, 1.54) is 20.2 Å². The molecule has 9 heteroatoms. The van der Waals surface area contributed by atoms with E-state index in [0.29, 0.717) is 17.6 Å². The highest BCUT2D eigenvalue weighted by molar-refractivity contribution is 7.25. The van der Waals surface area contributed by atoms with E-state index in [9.17, 15) is 0 Å². The monoisotopic (exact) mass is 824 g/mol. The summed E-state index contributed by atoms with van der Waals surface area (Å²) in [5.41, 5.74) is 11.7. The first-order chi connectivity index (χ1) is 31.2. The van der Waals surface area contributed by atoms with Crippen molar-refractivity contribution in [3.8, 4) is 56.9 Å². The number of para-hydroxylation sites is 2. The zero-order valence-corrected chi connectivity index (χ0v) is 34.3. The molecule has 0 spiro atoms. The van der Waals surface area contributed by atoms with E-state index in [2.05, 4.69) is 118 Å². The molecule has 6 heterocycles. The zero-order chi connectivity index (χ0) is 41.4. The summed E-state index contributed by atoms with van der Waals surface area (Å²) in [4.78, 5) is 30.0. The van der Waals surface area contributed by atoms with Gasteiger partial charge in [0, 0.05) is 65.8 Å². The van der Waals surface area contributed by atoms with Gasteiger partial charge in [-0.05, 0) is 60.7 Å². The number of fused-ring (bicyclic) bond motifs is 9. The summed E-state index contributed by atoms with van der Waals surface area (Å²) >= 11 is 1.78. The number of hydrogen-bond donors (Lipinski definition) is 0. The minimum Gasteiger partial charge on any atom is -0.309 e. The Morgan fingerprint density at radius 2 is 1.00 bits per heavy atom. The highest BCUT2D eigenvalue weighted by Crippen LogP contribution is 2.39. The Morgan fingerprint density at radius 1 is 0.381 bits per heavy atom. The van der Waals surface area contributed by atoms with Gasteiger partial charge in [-0.25, -0.2) is 9.97 Å². The van der Waals surface area contributed by atoms with Gasteiger partial charge in [0.25, 0.3) is 0 Å². The molecule has 7 aromatic carbocycles. The fraction of sp³-hybridized carbons (Fsp3) is 0. The maximum Gasteiger partial charge on any atom is 0.238 e. The second kappa shape index (κ2) is 14.1. The third kappa shape index (κ3) is 5.75. The Labute approximate surface area is 364 Å². The van der Waals surface area contributed by atoms with Crippen LogP contribution >= 0.6 is 11.3 Å². The molecule has 63 heavy (non-hydrogen) atoms. The molecule has 0 saturated heterocycles. The molecule has 0 aliphatic rings. The van der Waals surface area contributed by atoms with Gasteiger partial charge in [0.15, 0.2) is 11.6 Å². The summed E-state index contributed by atoms with van der Waals surface area (Å²) < 4.78 is 6.93. The van der Waals surface area contributed by atoms with Crippen LogP contribution in [0.5, 0.6) is 0 Å². The average molecular weight is 825 g/mol. The van der Waals surface area contributed by atoms with E-state index in [-0.39, 0.29) is 0 Å². The molecule has 0 amide bonds. The van der Waals surface area contributed by atoms with Crippen LogP contribution in [0, 0.1) is 0 Å². The van der Waals surface area contributed by atoms with Crippen LogP contribution < -0.4 is 0 Å². The standard InChI is InChI=1S/C54H32N8S/c1-3-12-33(13-4-1)52-58-53(34-14-5-2-6-15-34)60-54(59-52)62-46-19-10-7-16-38(46)40-24-21-36(29-48(40)62)44-32-55-31-43(57-44)35-22-25-47-41(28-35)39-17-8-9-18-45(39)61(47)37-23-26-49-42(30-37)51-50(63-49)20-11-27-56-51/h1-32H. The van der Waals surface area contributed by atoms with Crippen LogP contribution in [-0.2, 0) is 0 Å². The predicted octanol–water partition coefficient (Wildman–Crippen LogP) is 13.3. The Morgan fingerprint density at radius 3 is 1.75 bits per heavy atom. The molecule has 0 fully saturated rings. The third-order valence-corrected chi connectivity index (χ3v) is 13.1. The van der Waals surface area contributed by atoms with E-state index >= 15 is 0 Å². The van der Waals surface area contributed by atoms with Crippen molar-refractivity contribution >= 4 is 75.3 Å². The van der Waals surface area contributed by atoms with Crippen molar-refractivity contribution < 1.29 is 0 Å².